The number of rotatable bonds is 6. The van der Waals surface area contributed by atoms with Gasteiger partial charge in [-0.3, -0.25) is 4.79 Å². The summed E-state index contributed by atoms with van der Waals surface area (Å²) in [5.41, 5.74) is 0. The Kier molecular flexibility index (Phi) is 8.09. The number of carbonyl (C=O) groups is 1. The predicted molar refractivity (Wildman–Crippen MR) is 112 cm³/mol. The third-order valence-electron chi connectivity index (χ3n) is 8.41. The molecule has 0 bridgehead atoms. The summed E-state index contributed by atoms with van der Waals surface area (Å²) < 4.78 is 5.93. The number of esters is 1. The molecule has 0 saturated heterocycles. The van der Waals surface area contributed by atoms with Crippen LogP contribution in [0.2, 0.25) is 0 Å². The van der Waals surface area contributed by atoms with Crippen molar-refractivity contribution in [2.45, 2.75) is 117 Å². The van der Waals surface area contributed by atoms with Crippen LogP contribution in [-0.2, 0) is 9.53 Å². The van der Waals surface area contributed by atoms with E-state index in [2.05, 4.69) is 20.8 Å². The van der Waals surface area contributed by atoms with E-state index in [4.69, 9.17) is 4.74 Å². The summed E-state index contributed by atoms with van der Waals surface area (Å²) in [7, 11) is 0. The van der Waals surface area contributed by atoms with E-state index in [1.807, 2.05) is 0 Å². The maximum Gasteiger partial charge on any atom is 0.309 e. The molecule has 2 nitrogen and oxygen atoms in total. The van der Waals surface area contributed by atoms with Crippen LogP contribution < -0.4 is 0 Å². The lowest BCUT2D eigenvalue weighted by molar-refractivity contribution is -0.157. The predicted octanol–water partition coefficient (Wildman–Crippen LogP) is 7.16. The van der Waals surface area contributed by atoms with E-state index < -0.39 is 0 Å². The third-order valence-corrected chi connectivity index (χ3v) is 8.41. The van der Waals surface area contributed by atoms with Crippen molar-refractivity contribution in [1.29, 1.82) is 0 Å². The van der Waals surface area contributed by atoms with Crippen LogP contribution in [0, 0.1) is 35.5 Å². The molecule has 0 unspecified atom stereocenters. The molecule has 0 radical (unpaired) electrons. The molecule has 0 heterocycles. The Morgan fingerprint density at radius 3 is 2.11 bits per heavy atom. The first-order valence-corrected chi connectivity index (χ1v) is 12.3. The molecule has 0 aliphatic heterocycles. The molecule has 3 atom stereocenters. The minimum absolute atomic E-state index is 0.133. The zero-order valence-electron chi connectivity index (χ0n) is 18.3. The summed E-state index contributed by atoms with van der Waals surface area (Å²) in [6, 6.07) is 0. The lowest BCUT2D eigenvalue weighted by Gasteiger charge is -2.41. The molecule has 2 heteroatoms. The molecule has 0 aromatic carbocycles. The smallest absolute Gasteiger partial charge is 0.309 e. The molecule has 3 saturated carbocycles. The van der Waals surface area contributed by atoms with E-state index in [9.17, 15) is 4.79 Å². The Balaban J connectivity index is 1.39. The van der Waals surface area contributed by atoms with Gasteiger partial charge in [0, 0.05) is 0 Å². The number of ether oxygens (including phenoxy) is 1. The van der Waals surface area contributed by atoms with Crippen LogP contribution >= 0.6 is 0 Å². The summed E-state index contributed by atoms with van der Waals surface area (Å²) in [5.74, 6) is 4.84. The fraction of sp³-hybridized carbons (Fsp3) is 0.960. The van der Waals surface area contributed by atoms with Gasteiger partial charge in [0.05, 0.1) is 5.92 Å². The fourth-order valence-electron chi connectivity index (χ4n) is 6.60. The van der Waals surface area contributed by atoms with Crippen LogP contribution in [0.1, 0.15) is 111 Å². The standard InChI is InChI=1S/C25H44O2/c1-4-6-20-9-16-24(18(3)17-20)21-10-12-22(13-11-21)25(26)27-23-14-7-19(5-2)8-15-23/h18-24H,4-17H2,1-3H3/t18-,19?,20+,21-,22-,23?,24-/m1/s1. The Hall–Kier alpha value is -0.530. The van der Waals surface area contributed by atoms with Gasteiger partial charge in [0.1, 0.15) is 6.10 Å². The fourth-order valence-corrected chi connectivity index (χ4v) is 6.60. The molecule has 3 fully saturated rings. The van der Waals surface area contributed by atoms with Gasteiger partial charge in [-0.1, -0.05) is 46.5 Å². The molecule has 3 aliphatic rings. The first-order chi connectivity index (χ1) is 13.1. The molecule has 156 valence electrons. The van der Waals surface area contributed by atoms with Crippen LogP contribution in [0.5, 0.6) is 0 Å². The largest absolute Gasteiger partial charge is 0.462 e. The highest BCUT2D eigenvalue weighted by Gasteiger charge is 2.37. The quantitative estimate of drug-likeness (QED) is 0.460. The van der Waals surface area contributed by atoms with E-state index in [-0.39, 0.29) is 18.0 Å². The molecule has 3 aliphatic carbocycles. The second-order valence-electron chi connectivity index (χ2n) is 10.2. The Morgan fingerprint density at radius 2 is 1.52 bits per heavy atom. The summed E-state index contributed by atoms with van der Waals surface area (Å²) in [6.07, 6.45) is 18.0. The van der Waals surface area contributed by atoms with Gasteiger partial charge in [-0.05, 0) is 93.8 Å². The average Bonchev–Trinajstić information content (AvgIpc) is 2.69. The maximum absolute atomic E-state index is 12.7. The van der Waals surface area contributed by atoms with Crippen molar-refractivity contribution in [2.24, 2.45) is 35.5 Å². The topological polar surface area (TPSA) is 26.3 Å². The average molecular weight is 377 g/mol. The lowest BCUT2D eigenvalue weighted by atomic mass is 9.64. The second-order valence-corrected chi connectivity index (χ2v) is 10.2. The van der Waals surface area contributed by atoms with Crippen LogP contribution in [0.3, 0.4) is 0 Å². The van der Waals surface area contributed by atoms with Crippen molar-refractivity contribution in [1.82, 2.24) is 0 Å². The van der Waals surface area contributed by atoms with Gasteiger partial charge in [0.25, 0.3) is 0 Å². The van der Waals surface area contributed by atoms with Gasteiger partial charge < -0.3 is 4.74 Å². The minimum atomic E-state index is 0.133. The van der Waals surface area contributed by atoms with Crippen molar-refractivity contribution in [3.63, 3.8) is 0 Å². The minimum Gasteiger partial charge on any atom is -0.462 e. The number of hydrogen-bond acceptors (Lipinski definition) is 2. The lowest BCUT2D eigenvalue weighted by Crippen LogP contribution is -2.34. The highest BCUT2D eigenvalue weighted by molar-refractivity contribution is 5.72. The van der Waals surface area contributed by atoms with Gasteiger partial charge in [-0.15, -0.1) is 0 Å². The highest BCUT2D eigenvalue weighted by atomic mass is 16.5. The maximum atomic E-state index is 12.7. The summed E-state index contributed by atoms with van der Waals surface area (Å²) >= 11 is 0. The zero-order chi connectivity index (χ0) is 19.2. The first-order valence-electron chi connectivity index (χ1n) is 12.3. The van der Waals surface area contributed by atoms with E-state index in [0.29, 0.717) is 0 Å². The van der Waals surface area contributed by atoms with Crippen molar-refractivity contribution >= 4 is 5.97 Å². The van der Waals surface area contributed by atoms with Crippen LogP contribution in [0.15, 0.2) is 0 Å². The Morgan fingerprint density at radius 1 is 0.852 bits per heavy atom. The zero-order valence-corrected chi connectivity index (χ0v) is 18.3. The molecule has 27 heavy (non-hydrogen) atoms. The van der Waals surface area contributed by atoms with Gasteiger partial charge in [0.15, 0.2) is 0 Å². The molecular weight excluding hydrogens is 332 g/mol. The molecule has 0 N–H and O–H groups in total. The molecule has 0 amide bonds. The highest BCUT2D eigenvalue weighted by Crippen LogP contribution is 2.45. The molecular formula is C25H44O2. The normalized spacial score (nSPS) is 40.5. The third kappa shape index (κ3) is 5.73. The second kappa shape index (κ2) is 10.3. The van der Waals surface area contributed by atoms with Gasteiger partial charge >= 0.3 is 5.97 Å². The van der Waals surface area contributed by atoms with Crippen molar-refractivity contribution in [3.05, 3.63) is 0 Å². The van der Waals surface area contributed by atoms with Crippen molar-refractivity contribution < 1.29 is 9.53 Å². The van der Waals surface area contributed by atoms with Crippen LogP contribution in [0.25, 0.3) is 0 Å². The van der Waals surface area contributed by atoms with Gasteiger partial charge in [-0.2, -0.15) is 0 Å². The Labute approximate surface area is 168 Å². The molecule has 0 aromatic heterocycles. The summed E-state index contributed by atoms with van der Waals surface area (Å²) in [4.78, 5) is 12.7. The number of carbonyl (C=O) groups excluding carboxylic acids is 1. The van der Waals surface area contributed by atoms with E-state index >= 15 is 0 Å². The summed E-state index contributed by atoms with van der Waals surface area (Å²) in [5, 5.41) is 0. The van der Waals surface area contributed by atoms with Crippen LogP contribution in [-0.4, -0.2) is 12.1 Å². The monoisotopic (exact) mass is 376 g/mol. The van der Waals surface area contributed by atoms with E-state index in [1.54, 1.807) is 0 Å². The Bertz CT molecular complexity index is 443. The van der Waals surface area contributed by atoms with Crippen molar-refractivity contribution in [2.75, 3.05) is 0 Å². The number of hydrogen-bond donors (Lipinski definition) is 0. The molecule has 3 rings (SSSR count). The van der Waals surface area contributed by atoms with Crippen molar-refractivity contribution in [3.8, 4) is 0 Å². The SMILES string of the molecule is CCC[C@H]1CC[C@@H]([C@H]2CC[C@H](C(=O)OC3CCC(CC)CC3)CC2)[C@H](C)C1. The van der Waals surface area contributed by atoms with E-state index in [1.165, 1.54) is 64.2 Å². The summed E-state index contributed by atoms with van der Waals surface area (Å²) in [6.45, 7) is 7.11. The molecule has 0 aromatic rings. The van der Waals surface area contributed by atoms with Crippen LogP contribution in [0.4, 0.5) is 0 Å². The first kappa shape index (κ1) is 21.2. The molecule has 0 spiro atoms. The van der Waals surface area contributed by atoms with Gasteiger partial charge in [-0.25, -0.2) is 0 Å². The van der Waals surface area contributed by atoms with E-state index in [0.717, 1.165) is 55.3 Å². The van der Waals surface area contributed by atoms with Gasteiger partial charge in [0.2, 0.25) is 0 Å².